The monoisotopic (exact) mass is 288 g/mol. The molecule has 0 amide bonds. The van der Waals surface area contributed by atoms with Crippen LogP contribution in [0.4, 0.5) is 5.13 Å². The number of carboxylic acids is 1. The lowest BCUT2D eigenvalue weighted by atomic mass is 10.1. The Morgan fingerprint density at radius 1 is 1.40 bits per heavy atom. The van der Waals surface area contributed by atoms with E-state index in [0.717, 1.165) is 35.8 Å². The second kappa shape index (κ2) is 5.63. The number of aliphatic carboxylic acids is 1. The van der Waals surface area contributed by atoms with E-state index < -0.39 is 5.97 Å². The third kappa shape index (κ3) is 2.67. The average Bonchev–Trinajstić information content (AvgIpc) is 3.07. The van der Waals surface area contributed by atoms with Crippen LogP contribution >= 0.6 is 11.3 Å². The largest absolute Gasteiger partial charge is 0.481 e. The van der Waals surface area contributed by atoms with E-state index in [0.29, 0.717) is 0 Å². The molecule has 2 heterocycles. The summed E-state index contributed by atoms with van der Waals surface area (Å²) in [6.07, 6.45) is 2.17. The summed E-state index contributed by atoms with van der Waals surface area (Å²) in [6.45, 7) is 0.902. The van der Waals surface area contributed by atoms with Gasteiger partial charge in [0.1, 0.15) is 0 Å². The van der Waals surface area contributed by atoms with Crippen LogP contribution in [-0.2, 0) is 4.79 Å². The molecule has 1 aliphatic rings. The van der Waals surface area contributed by atoms with E-state index in [-0.39, 0.29) is 12.5 Å². The smallest absolute Gasteiger partial charge is 0.305 e. The maximum Gasteiger partial charge on any atom is 0.305 e. The zero-order valence-electron chi connectivity index (χ0n) is 11.0. The van der Waals surface area contributed by atoms with Gasteiger partial charge in [-0.2, -0.15) is 0 Å². The summed E-state index contributed by atoms with van der Waals surface area (Å²) in [6, 6.07) is 10.1. The fourth-order valence-corrected chi connectivity index (χ4v) is 3.57. The molecule has 3 rings (SSSR count). The van der Waals surface area contributed by atoms with Crippen LogP contribution in [0.2, 0.25) is 0 Å². The molecule has 20 heavy (non-hydrogen) atoms. The summed E-state index contributed by atoms with van der Waals surface area (Å²) in [5.41, 5.74) is 2.07. The lowest BCUT2D eigenvalue weighted by Crippen LogP contribution is -2.31. The molecule has 104 valence electrons. The first-order chi connectivity index (χ1) is 9.74. The SMILES string of the molecule is O=C(O)CC1CCCN1c1nc(-c2ccccc2)cs1. The van der Waals surface area contributed by atoms with Crippen molar-refractivity contribution >= 4 is 22.4 Å². The van der Waals surface area contributed by atoms with Gasteiger partial charge in [-0.15, -0.1) is 11.3 Å². The third-order valence-electron chi connectivity index (χ3n) is 3.59. The van der Waals surface area contributed by atoms with Gasteiger partial charge in [-0.25, -0.2) is 4.98 Å². The van der Waals surface area contributed by atoms with Crippen LogP contribution < -0.4 is 4.90 Å². The van der Waals surface area contributed by atoms with E-state index in [1.807, 2.05) is 35.7 Å². The summed E-state index contributed by atoms with van der Waals surface area (Å²) in [4.78, 5) is 17.7. The van der Waals surface area contributed by atoms with Gasteiger partial charge in [0.25, 0.3) is 0 Å². The van der Waals surface area contributed by atoms with Crippen LogP contribution in [0.25, 0.3) is 11.3 Å². The normalized spacial score (nSPS) is 18.4. The Morgan fingerprint density at radius 3 is 2.95 bits per heavy atom. The van der Waals surface area contributed by atoms with Gasteiger partial charge in [-0.3, -0.25) is 4.79 Å². The molecule has 0 spiro atoms. The van der Waals surface area contributed by atoms with Gasteiger partial charge in [0.2, 0.25) is 0 Å². The second-order valence-corrected chi connectivity index (χ2v) is 5.81. The maximum absolute atomic E-state index is 10.9. The minimum absolute atomic E-state index is 0.0854. The fourth-order valence-electron chi connectivity index (χ4n) is 2.64. The molecule has 1 unspecified atom stereocenters. The predicted octanol–water partition coefficient (Wildman–Crippen LogP) is 3.25. The Kier molecular flexibility index (Phi) is 3.69. The van der Waals surface area contributed by atoms with Crippen LogP contribution in [0, 0.1) is 0 Å². The van der Waals surface area contributed by atoms with Gasteiger partial charge in [0.15, 0.2) is 5.13 Å². The van der Waals surface area contributed by atoms with Crippen molar-refractivity contribution in [3.63, 3.8) is 0 Å². The van der Waals surface area contributed by atoms with E-state index in [9.17, 15) is 4.79 Å². The molecule has 5 heteroatoms. The number of hydrogen-bond acceptors (Lipinski definition) is 4. The number of thiazole rings is 1. The summed E-state index contributed by atoms with van der Waals surface area (Å²) < 4.78 is 0. The van der Waals surface area contributed by atoms with Crippen molar-refractivity contribution in [2.45, 2.75) is 25.3 Å². The van der Waals surface area contributed by atoms with Crippen molar-refractivity contribution in [2.24, 2.45) is 0 Å². The molecule has 1 aromatic carbocycles. The van der Waals surface area contributed by atoms with Crippen molar-refractivity contribution in [3.05, 3.63) is 35.7 Å². The second-order valence-electron chi connectivity index (χ2n) is 4.97. The lowest BCUT2D eigenvalue weighted by molar-refractivity contribution is -0.137. The molecule has 0 bridgehead atoms. The van der Waals surface area contributed by atoms with Gasteiger partial charge >= 0.3 is 5.97 Å². The summed E-state index contributed by atoms with van der Waals surface area (Å²) in [7, 11) is 0. The number of carbonyl (C=O) groups is 1. The third-order valence-corrected chi connectivity index (χ3v) is 4.47. The molecule has 1 aliphatic heterocycles. The standard InChI is InChI=1S/C15H16N2O2S/c18-14(19)9-12-7-4-8-17(12)15-16-13(10-20-15)11-5-2-1-3-6-11/h1-3,5-6,10,12H,4,7-9H2,(H,18,19). The van der Waals surface area contributed by atoms with E-state index in [1.54, 1.807) is 11.3 Å². The summed E-state index contributed by atoms with van der Waals surface area (Å²) in [5.74, 6) is -0.735. The van der Waals surface area contributed by atoms with Crippen molar-refractivity contribution in [1.82, 2.24) is 4.98 Å². The van der Waals surface area contributed by atoms with Crippen LogP contribution in [0.15, 0.2) is 35.7 Å². The molecule has 1 fully saturated rings. The molecule has 0 saturated carbocycles. The fraction of sp³-hybridized carbons (Fsp3) is 0.333. The van der Waals surface area contributed by atoms with E-state index >= 15 is 0 Å². The van der Waals surface area contributed by atoms with E-state index in [1.165, 1.54) is 0 Å². The van der Waals surface area contributed by atoms with Crippen LogP contribution in [-0.4, -0.2) is 28.6 Å². The molecule has 1 saturated heterocycles. The minimum Gasteiger partial charge on any atom is -0.481 e. The quantitative estimate of drug-likeness (QED) is 0.938. The Balaban J connectivity index is 1.81. The molecule has 1 N–H and O–H groups in total. The van der Waals surface area contributed by atoms with Gasteiger partial charge in [0.05, 0.1) is 12.1 Å². The van der Waals surface area contributed by atoms with Crippen molar-refractivity contribution in [3.8, 4) is 11.3 Å². The molecular formula is C15H16N2O2S. The zero-order valence-corrected chi connectivity index (χ0v) is 11.8. The number of anilines is 1. The first kappa shape index (κ1) is 13.1. The first-order valence-corrected chi connectivity index (χ1v) is 7.61. The Bertz CT molecular complexity index is 597. The summed E-state index contributed by atoms with van der Waals surface area (Å²) in [5, 5.41) is 12.0. The highest BCUT2D eigenvalue weighted by molar-refractivity contribution is 7.14. The van der Waals surface area contributed by atoms with Gasteiger partial charge in [-0.1, -0.05) is 30.3 Å². The van der Waals surface area contributed by atoms with Crippen LogP contribution in [0.5, 0.6) is 0 Å². The highest BCUT2D eigenvalue weighted by Crippen LogP contribution is 2.32. The number of benzene rings is 1. The van der Waals surface area contributed by atoms with Gasteiger partial charge in [-0.05, 0) is 12.8 Å². The van der Waals surface area contributed by atoms with Gasteiger partial charge in [0, 0.05) is 23.5 Å². The molecule has 1 aromatic heterocycles. The van der Waals surface area contributed by atoms with Crippen molar-refractivity contribution in [1.29, 1.82) is 0 Å². The average molecular weight is 288 g/mol. The van der Waals surface area contributed by atoms with Crippen LogP contribution in [0.1, 0.15) is 19.3 Å². The molecule has 4 nitrogen and oxygen atoms in total. The number of carboxylic acid groups (broad SMARTS) is 1. The molecule has 0 radical (unpaired) electrons. The summed E-state index contributed by atoms with van der Waals surface area (Å²) >= 11 is 1.59. The Morgan fingerprint density at radius 2 is 2.20 bits per heavy atom. The number of nitrogens with zero attached hydrogens (tertiary/aromatic N) is 2. The number of aromatic nitrogens is 1. The predicted molar refractivity (Wildman–Crippen MR) is 80.2 cm³/mol. The molecular weight excluding hydrogens is 272 g/mol. The highest BCUT2D eigenvalue weighted by Gasteiger charge is 2.28. The molecule has 2 aromatic rings. The van der Waals surface area contributed by atoms with E-state index in [2.05, 4.69) is 9.88 Å². The minimum atomic E-state index is -0.735. The maximum atomic E-state index is 10.9. The van der Waals surface area contributed by atoms with Crippen molar-refractivity contribution < 1.29 is 9.90 Å². The highest BCUT2D eigenvalue weighted by atomic mass is 32.1. The first-order valence-electron chi connectivity index (χ1n) is 6.73. The van der Waals surface area contributed by atoms with E-state index in [4.69, 9.17) is 5.11 Å². The van der Waals surface area contributed by atoms with Crippen molar-refractivity contribution in [2.75, 3.05) is 11.4 Å². The molecule has 1 atom stereocenters. The zero-order chi connectivity index (χ0) is 13.9. The Labute approximate surface area is 121 Å². The lowest BCUT2D eigenvalue weighted by Gasteiger charge is -2.22. The van der Waals surface area contributed by atoms with Gasteiger partial charge < -0.3 is 10.0 Å². The van der Waals surface area contributed by atoms with Crippen LogP contribution in [0.3, 0.4) is 0 Å². The number of rotatable bonds is 4. The Hall–Kier alpha value is -1.88. The molecule has 0 aliphatic carbocycles. The topological polar surface area (TPSA) is 53.4 Å². The number of hydrogen-bond donors (Lipinski definition) is 1.